The lowest BCUT2D eigenvalue weighted by Gasteiger charge is -2.33. The first-order valence-corrected chi connectivity index (χ1v) is 10.9. The van der Waals surface area contributed by atoms with E-state index in [9.17, 15) is 4.79 Å². The van der Waals surface area contributed by atoms with Crippen molar-refractivity contribution >= 4 is 38.8 Å². The predicted molar refractivity (Wildman–Crippen MR) is 119 cm³/mol. The molecule has 0 unspecified atom stereocenters. The first-order chi connectivity index (χ1) is 14.0. The number of piperidine rings is 1. The lowest BCUT2D eigenvalue weighted by atomic mass is 10.0. The van der Waals surface area contributed by atoms with Gasteiger partial charge in [-0.2, -0.15) is 0 Å². The second-order valence-electron chi connectivity index (χ2n) is 7.97. The highest BCUT2D eigenvalue weighted by Gasteiger charge is 2.27. The molecule has 1 N–H and O–H groups in total. The van der Waals surface area contributed by atoms with Crippen molar-refractivity contribution in [1.82, 2.24) is 19.4 Å². The van der Waals surface area contributed by atoms with Crippen LogP contribution in [0, 0.1) is 5.92 Å². The molecule has 1 aliphatic rings. The maximum Gasteiger partial charge on any atom is 0.321 e. The number of rotatable bonds is 4. The van der Waals surface area contributed by atoms with Gasteiger partial charge in [-0.3, -0.25) is 0 Å². The average molecular weight is 456 g/mol. The highest BCUT2D eigenvalue weighted by molar-refractivity contribution is 9.10. The molecule has 1 aliphatic heterocycles. The minimum absolute atomic E-state index is 0.0497. The van der Waals surface area contributed by atoms with Crippen molar-refractivity contribution in [2.24, 2.45) is 5.92 Å². The van der Waals surface area contributed by atoms with Crippen LogP contribution in [0.1, 0.15) is 38.6 Å². The number of amides is 2. The maximum atomic E-state index is 12.7. The Kier molecular flexibility index (Phi) is 5.85. The summed E-state index contributed by atoms with van der Waals surface area (Å²) in [6.07, 6.45) is 4.56. The van der Waals surface area contributed by atoms with Crippen molar-refractivity contribution in [3.8, 4) is 0 Å². The topological polar surface area (TPSA) is 63.1 Å². The summed E-state index contributed by atoms with van der Waals surface area (Å²) in [4.78, 5) is 24.1. The lowest BCUT2D eigenvalue weighted by Crippen LogP contribution is -2.41. The number of halogens is 1. The van der Waals surface area contributed by atoms with Gasteiger partial charge in [0, 0.05) is 36.2 Å². The quantitative estimate of drug-likeness (QED) is 0.583. The molecule has 2 amide bonds. The van der Waals surface area contributed by atoms with E-state index < -0.39 is 0 Å². The number of pyridine rings is 1. The van der Waals surface area contributed by atoms with Gasteiger partial charge in [-0.25, -0.2) is 14.8 Å². The van der Waals surface area contributed by atoms with E-state index >= 15 is 0 Å². The molecule has 7 heteroatoms. The number of carbonyl (C=O) groups is 1. The van der Waals surface area contributed by atoms with Gasteiger partial charge >= 0.3 is 6.03 Å². The molecule has 3 heterocycles. The van der Waals surface area contributed by atoms with Gasteiger partial charge in [0.05, 0.1) is 5.69 Å². The van der Waals surface area contributed by atoms with Gasteiger partial charge in [-0.15, -0.1) is 0 Å². The van der Waals surface area contributed by atoms with Crippen molar-refractivity contribution in [2.75, 3.05) is 18.4 Å². The number of aromatic nitrogens is 3. The standard InChI is InChI=1S/C22H26BrN5O/c1-15(2)14-20-25-19-8-5-11-24-21(19)28(20)16-9-12-27(13-10-16)22(29)26-18-7-4-3-6-17(18)23/h3-8,11,15-16H,9-10,12-14H2,1-2H3,(H,26,29). The summed E-state index contributed by atoms with van der Waals surface area (Å²) in [7, 11) is 0. The molecular formula is C22H26BrN5O. The molecular weight excluding hydrogens is 430 g/mol. The van der Waals surface area contributed by atoms with E-state index in [1.54, 1.807) is 0 Å². The number of urea groups is 1. The van der Waals surface area contributed by atoms with Crippen LogP contribution in [0.3, 0.4) is 0 Å². The molecule has 152 valence electrons. The number of hydrogen-bond donors (Lipinski definition) is 1. The summed E-state index contributed by atoms with van der Waals surface area (Å²) < 4.78 is 3.20. The number of anilines is 1. The van der Waals surface area contributed by atoms with Gasteiger partial charge in [-0.1, -0.05) is 26.0 Å². The minimum Gasteiger partial charge on any atom is -0.324 e. The Balaban J connectivity index is 1.48. The summed E-state index contributed by atoms with van der Waals surface area (Å²) in [6, 6.07) is 11.9. The van der Waals surface area contributed by atoms with E-state index in [0.717, 1.165) is 46.4 Å². The number of fused-ring (bicyclic) bond motifs is 1. The fraction of sp³-hybridized carbons (Fsp3) is 0.409. The van der Waals surface area contributed by atoms with Crippen LogP contribution in [-0.2, 0) is 6.42 Å². The molecule has 2 aromatic heterocycles. The monoisotopic (exact) mass is 455 g/mol. The zero-order valence-electron chi connectivity index (χ0n) is 16.8. The van der Waals surface area contributed by atoms with E-state index in [1.807, 2.05) is 47.5 Å². The van der Waals surface area contributed by atoms with Crippen molar-refractivity contribution in [3.05, 3.63) is 52.9 Å². The number of hydrogen-bond acceptors (Lipinski definition) is 3. The van der Waals surface area contributed by atoms with Gasteiger partial charge in [0.2, 0.25) is 0 Å². The molecule has 0 saturated carbocycles. The molecule has 0 atom stereocenters. The van der Waals surface area contributed by atoms with E-state index in [0.29, 0.717) is 25.0 Å². The Morgan fingerprint density at radius 3 is 2.69 bits per heavy atom. The molecule has 0 bridgehead atoms. The summed E-state index contributed by atoms with van der Waals surface area (Å²) in [5.41, 5.74) is 2.71. The van der Waals surface area contributed by atoms with Crippen molar-refractivity contribution < 1.29 is 4.79 Å². The summed E-state index contributed by atoms with van der Waals surface area (Å²) in [5.74, 6) is 1.63. The maximum absolute atomic E-state index is 12.7. The predicted octanol–water partition coefficient (Wildman–Crippen LogP) is 5.26. The number of likely N-dealkylation sites (tertiary alicyclic amines) is 1. The van der Waals surface area contributed by atoms with E-state index in [-0.39, 0.29) is 6.03 Å². The first kappa shape index (κ1) is 19.9. The second-order valence-corrected chi connectivity index (χ2v) is 8.82. The van der Waals surface area contributed by atoms with Gasteiger partial charge in [0.15, 0.2) is 5.65 Å². The molecule has 6 nitrogen and oxygen atoms in total. The fourth-order valence-corrected chi connectivity index (χ4v) is 4.34. The number of nitrogens with one attached hydrogen (secondary N) is 1. The third-order valence-corrected chi connectivity index (χ3v) is 6.04. The summed E-state index contributed by atoms with van der Waals surface area (Å²) in [6.45, 7) is 5.86. The van der Waals surface area contributed by atoms with Crippen LogP contribution in [0.15, 0.2) is 47.1 Å². The van der Waals surface area contributed by atoms with Crippen LogP contribution in [0.2, 0.25) is 0 Å². The Labute approximate surface area is 179 Å². The number of para-hydroxylation sites is 1. The van der Waals surface area contributed by atoms with E-state index in [4.69, 9.17) is 4.98 Å². The van der Waals surface area contributed by atoms with Crippen molar-refractivity contribution in [1.29, 1.82) is 0 Å². The molecule has 1 aromatic carbocycles. The van der Waals surface area contributed by atoms with Crippen LogP contribution >= 0.6 is 15.9 Å². The Morgan fingerprint density at radius 1 is 1.21 bits per heavy atom. The first-order valence-electron chi connectivity index (χ1n) is 10.1. The molecule has 1 saturated heterocycles. The SMILES string of the molecule is CC(C)Cc1nc2cccnc2n1C1CCN(C(=O)Nc2ccccc2Br)CC1. The Morgan fingerprint density at radius 2 is 1.97 bits per heavy atom. The van der Waals surface area contributed by atoms with Gasteiger partial charge in [-0.05, 0) is 59.0 Å². The number of benzene rings is 1. The summed E-state index contributed by atoms with van der Waals surface area (Å²) >= 11 is 3.48. The highest BCUT2D eigenvalue weighted by Crippen LogP contribution is 2.29. The average Bonchev–Trinajstić information content (AvgIpc) is 3.07. The molecule has 1 fully saturated rings. The van der Waals surface area contributed by atoms with Crippen LogP contribution in [0.4, 0.5) is 10.5 Å². The zero-order chi connectivity index (χ0) is 20.4. The molecule has 0 aliphatic carbocycles. The Hall–Kier alpha value is -2.41. The van der Waals surface area contributed by atoms with Gasteiger partial charge in [0.25, 0.3) is 0 Å². The van der Waals surface area contributed by atoms with E-state index in [2.05, 4.69) is 44.6 Å². The smallest absolute Gasteiger partial charge is 0.321 e. The normalized spacial score (nSPS) is 15.2. The third-order valence-electron chi connectivity index (χ3n) is 5.34. The van der Waals surface area contributed by atoms with Crippen LogP contribution < -0.4 is 5.32 Å². The zero-order valence-corrected chi connectivity index (χ0v) is 18.4. The molecule has 0 spiro atoms. The molecule has 4 rings (SSSR count). The van der Waals surface area contributed by atoms with Crippen LogP contribution in [0.25, 0.3) is 11.2 Å². The Bertz CT molecular complexity index is 1010. The van der Waals surface area contributed by atoms with Crippen molar-refractivity contribution in [2.45, 2.75) is 39.2 Å². The fourth-order valence-electron chi connectivity index (χ4n) is 3.95. The van der Waals surface area contributed by atoms with Gasteiger partial charge < -0.3 is 14.8 Å². The minimum atomic E-state index is -0.0497. The summed E-state index contributed by atoms with van der Waals surface area (Å²) in [5, 5.41) is 3.01. The third kappa shape index (κ3) is 4.29. The van der Waals surface area contributed by atoms with Crippen molar-refractivity contribution in [3.63, 3.8) is 0 Å². The van der Waals surface area contributed by atoms with Crippen LogP contribution in [0.5, 0.6) is 0 Å². The highest BCUT2D eigenvalue weighted by atomic mass is 79.9. The largest absolute Gasteiger partial charge is 0.324 e. The molecule has 3 aromatic rings. The molecule has 29 heavy (non-hydrogen) atoms. The van der Waals surface area contributed by atoms with E-state index in [1.165, 1.54) is 0 Å². The number of carbonyl (C=O) groups excluding carboxylic acids is 1. The number of nitrogens with zero attached hydrogens (tertiary/aromatic N) is 4. The lowest BCUT2D eigenvalue weighted by molar-refractivity contribution is 0.183. The number of imidazole rings is 1. The second kappa shape index (κ2) is 8.53. The van der Waals surface area contributed by atoms with Gasteiger partial charge in [0.1, 0.15) is 11.3 Å². The van der Waals surface area contributed by atoms with Crippen LogP contribution in [-0.4, -0.2) is 38.6 Å². The molecule has 0 radical (unpaired) electrons.